The highest BCUT2D eigenvalue weighted by atomic mass is 19.3. The van der Waals surface area contributed by atoms with Crippen molar-refractivity contribution in [1.82, 2.24) is 9.78 Å². The molecule has 114 valence electrons. The van der Waals surface area contributed by atoms with Crippen LogP contribution in [0.25, 0.3) is 11.3 Å². The molecule has 2 rings (SSSR count). The van der Waals surface area contributed by atoms with Crippen LogP contribution >= 0.6 is 0 Å². The van der Waals surface area contributed by atoms with E-state index in [4.69, 9.17) is 0 Å². The zero-order valence-electron chi connectivity index (χ0n) is 12.3. The Balaban J connectivity index is 2.23. The second-order valence-corrected chi connectivity index (χ2v) is 5.38. The van der Waals surface area contributed by atoms with Gasteiger partial charge in [0.2, 0.25) is 0 Å². The lowest BCUT2D eigenvalue weighted by atomic mass is 10.1. The van der Waals surface area contributed by atoms with Gasteiger partial charge in [0.15, 0.2) is 0 Å². The van der Waals surface area contributed by atoms with Gasteiger partial charge in [-0.05, 0) is 31.5 Å². The molecule has 0 amide bonds. The third-order valence-electron chi connectivity index (χ3n) is 3.46. The molecular weight excluding hydrogens is 276 g/mol. The van der Waals surface area contributed by atoms with E-state index in [2.05, 4.69) is 10.4 Å². The third-order valence-corrected chi connectivity index (χ3v) is 3.46. The molecule has 0 saturated carbocycles. The van der Waals surface area contributed by atoms with Crippen LogP contribution in [0.1, 0.15) is 12.5 Å². The molecule has 0 radical (unpaired) electrons. The van der Waals surface area contributed by atoms with Crippen LogP contribution in [-0.4, -0.2) is 33.5 Å². The molecule has 1 unspecified atom stereocenters. The Morgan fingerprint density at radius 1 is 1.38 bits per heavy atom. The second-order valence-electron chi connectivity index (χ2n) is 5.38. The van der Waals surface area contributed by atoms with Gasteiger partial charge in [-0.1, -0.05) is 12.1 Å². The van der Waals surface area contributed by atoms with Crippen molar-refractivity contribution in [3.63, 3.8) is 0 Å². The number of halogens is 2. The summed E-state index contributed by atoms with van der Waals surface area (Å²) in [7, 11) is 1.84. The van der Waals surface area contributed by atoms with E-state index in [-0.39, 0.29) is 6.54 Å². The number of aromatic nitrogens is 2. The average Bonchev–Trinajstić information content (AvgIpc) is 2.84. The van der Waals surface area contributed by atoms with Gasteiger partial charge in [0.1, 0.15) is 5.60 Å². The Bertz CT molecular complexity index is 623. The van der Waals surface area contributed by atoms with Gasteiger partial charge in [0.05, 0.1) is 5.69 Å². The van der Waals surface area contributed by atoms with Crippen molar-refractivity contribution in [3.05, 3.63) is 36.0 Å². The first-order chi connectivity index (χ1) is 9.81. The third kappa shape index (κ3) is 3.39. The summed E-state index contributed by atoms with van der Waals surface area (Å²) in [6.45, 7) is 2.78. The van der Waals surface area contributed by atoms with Gasteiger partial charge < -0.3 is 10.4 Å². The molecule has 2 aromatic rings. The van der Waals surface area contributed by atoms with Gasteiger partial charge in [-0.25, -0.2) is 8.78 Å². The fraction of sp³-hybridized carbons (Fsp3) is 0.400. The maximum atomic E-state index is 12.7. The number of hydrogen-bond donors (Lipinski definition) is 2. The van der Waals surface area contributed by atoms with Crippen molar-refractivity contribution in [2.75, 3.05) is 11.9 Å². The minimum absolute atomic E-state index is 0.222. The summed E-state index contributed by atoms with van der Waals surface area (Å²) in [4.78, 5) is 0. The molecule has 1 heterocycles. The minimum atomic E-state index is -2.80. The van der Waals surface area contributed by atoms with Crippen molar-refractivity contribution < 1.29 is 13.9 Å². The smallest absolute Gasteiger partial charge is 0.268 e. The van der Waals surface area contributed by atoms with Gasteiger partial charge in [-0.3, -0.25) is 4.68 Å². The zero-order chi connectivity index (χ0) is 15.6. The van der Waals surface area contributed by atoms with Crippen molar-refractivity contribution >= 4 is 5.69 Å². The Labute approximate surface area is 122 Å². The number of benzene rings is 1. The lowest BCUT2D eigenvalue weighted by Gasteiger charge is -2.24. The Morgan fingerprint density at radius 2 is 2.10 bits per heavy atom. The highest BCUT2D eigenvalue weighted by Gasteiger charge is 2.31. The first-order valence-corrected chi connectivity index (χ1v) is 6.64. The fourth-order valence-electron chi connectivity index (χ4n) is 1.98. The monoisotopic (exact) mass is 295 g/mol. The first-order valence-electron chi connectivity index (χ1n) is 6.64. The van der Waals surface area contributed by atoms with Crippen molar-refractivity contribution in [1.29, 1.82) is 0 Å². The molecule has 0 aliphatic carbocycles. The standard InChI is InChI=1S/C15H19F2N3O/c1-10-4-5-11(13-6-7-19-20(13)3)8-12(10)18-9-15(2,21)14(16)17/h4-8,14,18,21H,9H2,1-3H3. The lowest BCUT2D eigenvalue weighted by molar-refractivity contribution is -0.0732. The van der Waals surface area contributed by atoms with E-state index < -0.39 is 12.0 Å². The summed E-state index contributed by atoms with van der Waals surface area (Å²) in [6, 6.07) is 7.60. The van der Waals surface area contributed by atoms with E-state index in [1.807, 2.05) is 38.2 Å². The van der Waals surface area contributed by atoms with Gasteiger partial charge in [0, 0.05) is 31.0 Å². The number of hydrogen-bond acceptors (Lipinski definition) is 3. The molecule has 0 aliphatic heterocycles. The summed E-state index contributed by atoms with van der Waals surface area (Å²) in [6.07, 6.45) is -1.10. The van der Waals surface area contributed by atoms with Crippen LogP contribution < -0.4 is 5.32 Å². The van der Waals surface area contributed by atoms with Crippen molar-refractivity contribution in [2.24, 2.45) is 7.05 Å². The molecule has 4 nitrogen and oxygen atoms in total. The quantitative estimate of drug-likeness (QED) is 0.892. The molecular formula is C15H19F2N3O. The van der Waals surface area contributed by atoms with E-state index in [0.717, 1.165) is 29.4 Å². The lowest BCUT2D eigenvalue weighted by Crippen LogP contribution is -2.40. The maximum Gasteiger partial charge on any atom is 0.268 e. The summed E-state index contributed by atoms with van der Waals surface area (Å²) in [5.41, 5.74) is 1.44. The van der Waals surface area contributed by atoms with Crippen LogP contribution in [0.15, 0.2) is 30.5 Å². The summed E-state index contributed by atoms with van der Waals surface area (Å²) in [5.74, 6) is 0. The van der Waals surface area contributed by atoms with Crippen LogP contribution in [0.5, 0.6) is 0 Å². The van der Waals surface area contributed by atoms with E-state index in [1.165, 1.54) is 0 Å². The molecule has 1 aromatic carbocycles. The number of anilines is 1. The molecule has 0 saturated heterocycles. The van der Waals surface area contributed by atoms with E-state index in [0.29, 0.717) is 0 Å². The highest BCUT2D eigenvalue weighted by molar-refractivity contribution is 5.67. The molecule has 0 fully saturated rings. The number of nitrogens with one attached hydrogen (secondary N) is 1. The molecule has 0 aliphatic rings. The molecule has 0 spiro atoms. The Hall–Kier alpha value is -1.95. The van der Waals surface area contributed by atoms with Gasteiger partial charge in [-0.15, -0.1) is 0 Å². The van der Waals surface area contributed by atoms with Crippen LogP contribution in [0.2, 0.25) is 0 Å². The number of aryl methyl sites for hydroxylation is 2. The average molecular weight is 295 g/mol. The van der Waals surface area contributed by atoms with Crippen LogP contribution in [0.3, 0.4) is 0 Å². The Morgan fingerprint density at radius 3 is 2.67 bits per heavy atom. The summed E-state index contributed by atoms with van der Waals surface area (Å²) in [5, 5.41) is 16.6. The maximum absolute atomic E-state index is 12.7. The Kier molecular flexibility index (Phi) is 4.27. The van der Waals surface area contributed by atoms with E-state index in [1.54, 1.807) is 10.9 Å². The highest BCUT2D eigenvalue weighted by Crippen LogP contribution is 2.26. The van der Waals surface area contributed by atoms with Crippen LogP contribution in [0, 0.1) is 6.92 Å². The fourth-order valence-corrected chi connectivity index (χ4v) is 1.98. The van der Waals surface area contributed by atoms with Crippen LogP contribution in [-0.2, 0) is 7.05 Å². The largest absolute Gasteiger partial charge is 0.382 e. The van der Waals surface area contributed by atoms with E-state index >= 15 is 0 Å². The van der Waals surface area contributed by atoms with Crippen molar-refractivity contribution in [2.45, 2.75) is 25.9 Å². The number of aliphatic hydroxyl groups is 1. The van der Waals surface area contributed by atoms with Crippen LogP contribution in [0.4, 0.5) is 14.5 Å². The molecule has 6 heteroatoms. The van der Waals surface area contributed by atoms with Gasteiger partial charge in [0.25, 0.3) is 6.43 Å². The number of nitrogens with zero attached hydrogens (tertiary/aromatic N) is 2. The number of rotatable bonds is 5. The predicted octanol–water partition coefficient (Wildman–Crippen LogP) is 2.82. The first kappa shape index (κ1) is 15.4. The van der Waals surface area contributed by atoms with E-state index in [9.17, 15) is 13.9 Å². The topological polar surface area (TPSA) is 50.1 Å². The number of alkyl halides is 2. The molecule has 1 atom stereocenters. The van der Waals surface area contributed by atoms with Gasteiger partial charge in [-0.2, -0.15) is 5.10 Å². The second kappa shape index (κ2) is 5.81. The van der Waals surface area contributed by atoms with Crippen molar-refractivity contribution in [3.8, 4) is 11.3 Å². The SMILES string of the molecule is Cc1ccc(-c2ccnn2C)cc1NCC(C)(O)C(F)F. The summed E-state index contributed by atoms with van der Waals surface area (Å²) < 4.78 is 27.1. The summed E-state index contributed by atoms with van der Waals surface area (Å²) >= 11 is 0. The zero-order valence-corrected chi connectivity index (χ0v) is 12.3. The molecule has 2 N–H and O–H groups in total. The molecule has 0 bridgehead atoms. The normalized spacial score (nSPS) is 14.2. The van der Waals surface area contributed by atoms with Gasteiger partial charge >= 0.3 is 0 Å². The molecule has 1 aromatic heterocycles. The predicted molar refractivity (Wildman–Crippen MR) is 78.5 cm³/mol. The minimum Gasteiger partial charge on any atom is -0.382 e. The molecule has 21 heavy (non-hydrogen) atoms.